The molecule has 19 nitrogen and oxygen atoms in total. The van der Waals surface area contributed by atoms with E-state index in [2.05, 4.69) is 0 Å². The van der Waals surface area contributed by atoms with Crippen LogP contribution in [-0.2, 0) is 29.6 Å². The van der Waals surface area contributed by atoms with Crippen LogP contribution >= 0.6 is 0 Å². The third-order valence-corrected chi connectivity index (χ3v) is 9.71. The van der Waals surface area contributed by atoms with Gasteiger partial charge in [0.2, 0.25) is 0 Å². The number of carboxylic acids is 1. The number of carboxylic acid groups (broad SMARTS) is 1. The van der Waals surface area contributed by atoms with E-state index < -0.39 is 118 Å². The number of Topliss-reactive ketones (excluding diaryl/α,β-unsaturated/α-hetero) is 1. The Balaban J connectivity index is 1.15. The Kier molecular flexibility index (Phi) is 9.75. The van der Waals surface area contributed by atoms with Gasteiger partial charge < -0.3 is 74.7 Å². The Hall–Kier alpha value is -7.48. The van der Waals surface area contributed by atoms with E-state index in [0.717, 1.165) is 48.6 Å². The van der Waals surface area contributed by atoms with E-state index in [0.29, 0.717) is 0 Å². The number of fused-ring (bicyclic) bond motifs is 3. The maximum absolute atomic E-state index is 13.9. The van der Waals surface area contributed by atoms with Crippen molar-refractivity contribution in [2.24, 2.45) is 0 Å². The van der Waals surface area contributed by atoms with Crippen LogP contribution in [0.25, 0.3) is 12.2 Å². The molecule has 4 aromatic carbocycles. The predicted molar refractivity (Wildman–Crippen MR) is 194 cm³/mol. The molecule has 306 valence electrons. The van der Waals surface area contributed by atoms with Crippen LogP contribution in [0.4, 0.5) is 0 Å². The Bertz CT molecular complexity index is 2480. The van der Waals surface area contributed by atoms with Crippen molar-refractivity contribution < 1.29 is 93.9 Å². The van der Waals surface area contributed by atoms with E-state index in [1.54, 1.807) is 0 Å². The smallest absolute Gasteiger partial charge is 0.357 e. The van der Waals surface area contributed by atoms with Gasteiger partial charge in [-0.25, -0.2) is 14.4 Å². The molecular weight excluding hydrogens is 784 g/mol. The predicted octanol–water partition coefficient (Wildman–Crippen LogP) is 2.03. The number of ether oxygens (including phenoxy) is 5. The highest BCUT2D eigenvalue weighted by Gasteiger charge is 2.71. The van der Waals surface area contributed by atoms with E-state index in [1.807, 2.05) is 0 Å². The summed E-state index contributed by atoms with van der Waals surface area (Å²) >= 11 is 0. The number of benzene rings is 4. The van der Waals surface area contributed by atoms with E-state index in [-0.39, 0.29) is 28.2 Å². The second-order valence-electron chi connectivity index (χ2n) is 13.7. The first-order valence-electron chi connectivity index (χ1n) is 17.3. The Labute approximate surface area is 330 Å². The molecule has 0 spiro atoms. The fourth-order valence-electron chi connectivity index (χ4n) is 6.80. The lowest BCUT2D eigenvalue weighted by Gasteiger charge is -2.50. The molecule has 2 aliphatic heterocycles. The molecule has 0 saturated heterocycles. The van der Waals surface area contributed by atoms with Crippen LogP contribution in [-0.4, -0.2) is 104 Å². The van der Waals surface area contributed by atoms with E-state index in [9.17, 15) is 70.2 Å². The number of ketones is 1. The van der Waals surface area contributed by atoms with Gasteiger partial charge in [-0.15, -0.1) is 0 Å². The molecule has 0 amide bonds. The molecule has 3 aliphatic rings. The van der Waals surface area contributed by atoms with Crippen LogP contribution in [0.5, 0.6) is 51.7 Å². The number of phenols is 6. The van der Waals surface area contributed by atoms with E-state index >= 15 is 0 Å². The highest BCUT2D eigenvalue weighted by Crippen LogP contribution is 2.55. The summed E-state index contributed by atoms with van der Waals surface area (Å²) < 4.78 is 28.6. The van der Waals surface area contributed by atoms with Gasteiger partial charge in [-0.1, -0.05) is 12.1 Å². The SMILES string of the molecule is O=C(/C=C/c1ccc(O)c(O)c1)O[C@@H]1C(O)C[C@@](O)(C(=O)O)C[C@H]1OC(=O)/C=C/c1ccc2c(c1)OC1(c3ccc(O)c(O)c3)Oc3cc(O)cc(O)c3C(=O)C1(O)O2. The quantitative estimate of drug-likeness (QED) is 0.0691. The molecule has 0 aromatic heterocycles. The van der Waals surface area contributed by atoms with Crippen molar-refractivity contribution in [1.82, 2.24) is 0 Å². The highest BCUT2D eigenvalue weighted by molar-refractivity contribution is 6.08. The Morgan fingerprint density at radius 1 is 0.661 bits per heavy atom. The Morgan fingerprint density at radius 3 is 1.93 bits per heavy atom. The lowest BCUT2D eigenvalue weighted by Crippen LogP contribution is -2.70. The molecule has 1 fully saturated rings. The van der Waals surface area contributed by atoms with Gasteiger partial charge in [0.25, 0.3) is 5.78 Å². The summed E-state index contributed by atoms with van der Waals surface area (Å²) in [6.07, 6.45) is -2.65. The lowest BCUT2D eigenvalue weighted by atomic mass is 9.79. The molecule has 2 heterocycles. The zero-order valence-corrected chi connectivity index (χ0v) is 30.0. The molecule has 1 aliphatic carbocycles. The summed E-state index contributed by atoms with van der Waals surface area (Å²) in [7, 11) is 0. The normalized spacial score (nSPS) is 25.7. The number of aliphatic hydroxyl groups is 3. The molecule has 4 aromatic rings. The average molecular weight is 817 g/mol. The number of rotatable bonds is 8. The van der Waals surface area contributed by atoms with Gasteiger partial charge >= 0.3 is 29.5 Å². The maximum Gasteiger partial charge on any atom is 0.357 e. The number of esters is 2. The highest BCUT2D eigenvalue weighted by atomic mass is 16.8. The zero-order valence-electron chi connectivity index (χ0n) is 30.0. The number of hydrogen-bond acceptors (Lipinski definition) is 18. The van der Waals surface area contributed by atoms with Crippen molar-refractivity contribution >= 4 is 35.8 Å². The standard InChI is InChI=1S/C40H32O19/c41-21-14-26(46)34-30(15-21)59-40(20-5-7-23(43)25(45)13-20)39(54,36(34)50)57-28-8-2-19(12-29(28)58-40)4-9-32(48)55-31-17-38(53,37(51)52)16-27(47)35(31)56-33(49)10-3-18-1-6-22(42)24(44)11-18/h1-15,27,31,35,41-47,53-54H,16-17H2,(H,51,52)/b9-4+,10-3+/t27?,31-,35-,38+,39?,40?/m1/s1. The third-order valence-electron chi connectivity index (χ3n) is 9.71. The lowest BCUT2D eigenvalue weighted by molar-refractivity contribution is -0.316. The van der Waals surface area contributed by atoms with Crippen molar-refractivity contribution in [2.45, 2.75) is 48.3 Å². The van der Waals surface area contributed by atoms with Crippen LogP contribution in [0.2, 0.25) is 0 Å². The minimum atomic E-state index is -3.11. The van der Waals surface area contributed by atoms with Crippen molar-refractivity contribution in [3.05, 3.63) is 101 Å². The van der Waals surface area contributed by atoms with E-state index in [4.69, 9.17) is 23.7 Å². The summed E-state index contributed by atoms with van der Waals surface area (Å²) in [5, 5.41) is 103. The molecule has 7 rings (SSSR count). The molecule has 3 unspecified atom stereocenters. The average Bonchev–Trinajstić information content (AvgIpc) is 3.16. The molecule has 19 heteroatoms. The van der Waals surface area contributed by atoms with E-state index in [1.165, 1.54) is 42.5 Å². The van der Waals surface area contributed by atoms with Crippen molar-refractivity contribution in [3.8, 4) is 51.7 Å². The largest absolute Gasteiger partial charge is 0.508 e. The van der Waals surface area contributed by atoms with Crippen LogP contribution in [0, 0.1) is 0 Å². The number of carbonyl (C=O) groups is 4. The monoisotopic (exact) mass is 816 g/mol. The fourth-order valence-corrected chi connectivity index (χ4v) is 6.80. The minimum Gasteiger partial charge on any atom is -0.508 e. The first-order chi connectivity index (χ1) is 27.8. The summed E-state index contributed by atoms with van der Waals surface area (Å²) in [4.78, 5) is 51.7. The number of aliphatic carboxylic acids is 1. The van der Waals surface area contributed by atoms with Gasteiger partial charge in [-0.3, -0.25) is 4.79 Å². The minimum absolute atomic E-state index is 0.162. The molecular formula is C40H32O19. The summed E-state index contributed by atoms with van der Waals surface area (Å²) in [5.74, 6) is -15.5. The van der Waals surface area contributed by atoms with Gasteiger partial charge in [0, 0.05) is 42.7 Å². The third kappa shape index (κ3) is 7.09. The second-order valence-corrected chi connectivity index (χ2v) is 13.7. The van der Waals surface area contributed by atoms with Crippen LogP contribution in [0.3, 0.4) is 0 Å². The fraction of sp³-hybridized carbons (Fsp3) is 0.200. The molecule has 0 radical (unpaired) electrons. The first kappa shape index (κ1) is 39.7. The Morgan fingerprint density at radius 2 is 1.27 bits per heavy atom. The number of carbonyl (C=O) groups excluding carboxylic acids is 3. The van der Waals surface area contributed by atoms with Crippen LogP contribution in [0.15, 0.2) is 78.9 Å². The van der Waals surface area contributed by atoms with Gasteiger partial charge in [0.05, 0.1) is 6.10 Å². The van der Waals surface area contributed by atoms with Crippen LogP contribution in [0.1, 0.15) is 39.9 Å². The molecule has 0 bridgehead atoms. The molecule has 59 heavy (non-hydrogen) atoms. The van der Waals surface area contributed by atoms with Gasteiger partial charge in [-0.2, -0.15) is 0 Å². The maximum atomic E-state index is 13.9. The molecule has 10 N–H and O–H groups in total. The van der Waals surface area contributed by atoms with Crippen LogP contribution < -0.4 is 14.2 Å². The first-order valence-corrected chi connectivity index (χ1v) is 17.3. The summed E-state index contributed by atoms with van der Waals surface area (Å²) in [6, 6.07) is 12.3. The van der Waals surface area contributed by atoms with Gasteiger partial charge in [0.1, 0.15) is 28.9 Å². The molecule has 1 saturated carbocycles. The number of aromatic hydroxyl groups is 6. The van der Waals surface area contributed by atoms with Crippen molar-refractivity contribution in [1.29, 1.82) is 0 Å². The van der Waals surface area contributed by atoms with Gasteiger partial charge in [-0.05, 0) is 65.7 Å². The summed E-state index contributed by atoms with van der Waals surface area (Å²) in [6.45, 7) is 0. The van der Waals surface area contributed by atoms with Crippen molar-refractivity contribution in [2.75, 3.05) is 0 Å². The molecule has 6 atom stereocenters. The number of phenolic OH excluding ortho intramolecular Hbond substituents is 6. The zero-order chi connectivity index (χ0) is 42.6. The van der Waals surface area contributed by atoms with Crippen molar-refractivity contribution in [3.63, 3.8) is 0 Å². The topological polar surface area (TPSA) is 317 Å². The second kappa shape index (κ2) is 14.5. The summed E-state index contributed by atoms with van der Waals surface area (Å²) in [5.41, 5.74) is -3.02. The number of hydrogen-bond donors (Lipinski definition) is 10. The van der Waals surface area contributed by atoms with Gasteiger partial charge in [0.15, 0.2) is 46.2 Å². The number of aliphatic hydroxyl groups excluding tert-OH is 1.